The van der Waals surface area contributed by atoms with Gasteiger partial charge >= 0.3 is 0 Å². The maximum atomic E-state index is 13.4. The molecule has 2 aliphatic rings. The number of rotatable bonds is 9. The van der Waals surface area contributed by atoms with Crippen LogP contribution in [0.5, 0.6) is 0 Å². The van der Waals surface area contributed by atoms with Gasteiger partial charge in [-0.1, -0.05) is 24.3 Å². The van der Waals surface area contributed by atoms with Gasteiger partial charge in [-0.15, -0.1) is 0 Å². The van der Waals surface area contributed by atoms with Gasteiger partial charge in [0.1, 0.15) is 5.82 Å². The molecule has 4 heterocycles. The van der Waals surface area contributed by atoms with E-state index in [1.807, 2.05) is 19.2 Å². The molecule has 1 amide bonds. The number of anilines is 3. The third kappa shape index (κ3) is 5.72. The van der Waals surface area contributed by atoms with E-state index in [9.17, 15) is 9.59 Å². The second-order valence-corrected chi connectivity index (χ2v) is 11.6. The van der Waals surface area contributed by atoms with Gasteiger partial charge in [0.2, 0.25) is 0 Å². The van der Waals surface area contributed by atoms with Crippen LogP contribution in [0, 0.1) is 5.92 Å². The number of hydrogen-bond donors (Lipinski definition) is 2. The summed E-state index contributed by atoms with van der Waals surface area (Å²) in [6, 6.07) is 8.30. The zero-order valence-electron chi connectivity index (χ0n) is 23.9. The Labute approximate surface area is 236 Å². The monoisotopic (exact) mass is 544 g/mol. The number of aromatic nitrogens is 4. The molecule has 2 atom stereocenters. The summed E-state index contributed by atoms with van der Waals surface area (Å²) in [5.74, 6) is 0.623. The van der Waals surface area contributed by atoms with Gasteiger partial charge in [-0.2, -0.15) is 5.10 Å². The van der Waals surface area contributed by atoms with Crippen LogP contribution >= 0.6 is 0 Å². The number of Topliss-reactive ketones (excluding diaryl/α,β-unsaturated/α-hetero) is 1. The topological polar surface area (TPSA) is 122 Å². The Morgan fingerprint density at radius 1 is 1.07 bits per heavy atom. The van der Waals surface area contributed by atoms with Crippen molar-refractivity contribution in [3.8, 4) is 0 Å². The molecule has 2 fully saturated rings. The average molecular weight is 545 g/mol. The zero-order chi connectivity index (χ0) is 28.4. The molecular formula is C30H40N8O2. The quantitative estimate of drug-likeness (QED) is 0.383. The van der Waals surface area contributed by atoms with E-state index in [1.165, 1.54) is 18.4 Å². The average Bonchev–Trinajstić information content (AvgIpc) is 3.62. The standard InChI is InChI=1S/C30H40N8O2/c1-20-22(16-25(39)21-9-11-23(12-10-21)30(2,3)37-13-5-6-14-37)8-7-15-38(20)26-18-32-27(28(31)40)29(35-26)34-24-17-33-36(4)19-24/h9-12,17-20,22H,5-8,13-16H2,1-4H3,(H2,31,40)(H,34,35)/t20-,22+/m1/s1. The molecule has 2 aromatic heterocycles. The predicted molar refractivity (Wildman–Crippen MR) is 156 cm³/mol. The Bertz CT molecular complexity index is 1360. The Kier molecular flexibility index (Phi) is 7.89. The minimum Gasteiger partial charge on any atom is -0.364 e. The van der Waals surface area contributed by atoms with E-state index in [0.717, 1.165) is 38.0 Å². The van der Waals surface area contributed by atoms with Crippen LogP contribution < -0.4 is 16.0 Å². The number of nitrogens with one attached hydrogen (secondary N) is 1. The van der Waals surface area contributed by atoms with Crippen LogP contribution in [0.3, 0.4) is 0 Å². The fourth-order valence-corrected chi connectivity index (χ4v) is 6.11. The highest BCUT2D eigenvalue weighted by atomic mass is 16.1. The van der Waals surface area contributed by atoms with Gasteiger partial charge in [0.15, 0.2) is 17.3 Å². The number of primary amides is 1. The number of hydrogen-bond acceptors (Lipinski definition) is 8. The summed E-state index contributed by atoms with van der Waals surface area (Å²) in [6.07, 6.45) is 9.90. The van der Waals surface area contributed by atoms with Gasteiger partial charge in [0.25, 0.3) is 5.91 Å². The first-order chi connectivity index (χ1) is 19.1. The molecule has 0 bridgehead atoms. The third-order valence-corrected chi connectivity index (χ3v) is 8.66. The van der Waals surface area contributed by atoms with E-state index >= 15 is 0 Å². The van der Waals surface area contributed by atoms with Crippen molar-refractivity contribution < 1.29 is 9.59 Å². The van der Waals surface area contributed by atoms with Crippen molar-refractivity contribution in [3.05, 3.63) is 59.7 Å². The molecule has 3 aromatic rings. The highest BCUT2D eigenvalue weighted by Crippen LogP contribution is 2.33. The fourth-order valence-electron chi connectivity index (χ4n) is 6.11. The van der Waals surface area contributed by atoms with Crippen LogP contribution in [-0.2, 0) is 12.6 Å². The number of ketones is 1. The molecule has 10 nitrogen and oxygen atoms in total. The molecule has 10 heteroatoms. The lowest BCUT2D eigenvalue weighted by Gasteiger charge is -2.40. The lowest BCUT2D eigenvalue weighted by Crippen LogP contribution is -2.44. The van der Waals surface area contributed by atoms with Crippen LogP contribution in [0.15, 0.2) is 42.9 Å². The highest BCUT2D eigenvalue weighted by molar-refractivity contribution is 5.97. The Hall–Kier alpha value is -3.79. The molecule has 0 aliphatic carbocycles. The smallest absolute Gasteiger partial charge is 0.271 e. The van der Waals surface area contributed by atoms with E-state index in [4.69, 9.17) is 10.7 Å². The van der Waals surface area contributed by atoms with Gasteiger partial charge in [-0.3, -0.25) is 19.2 Å². The predicted octanol–water partition coefficient (Wildman–Crippen LogP) is 4.26. The molecular weight excluding hydrogens is 504 g/mol. The van der Waals surface area contributed by atoms with Crippen LogP contribution in [0.25, 0.3) is 0 Å². The van der Waals surface area contributed by atoms with E-state index in [-0.39, 0.29) is 29.0 Å². The molecule has 2 saturated heterocycles. The SMILES string of the molecule is C[C@@H]1[C@H](CC(=O)c2ccc(C(C)(C)N3CCCC3)cc2)CCCN1c1cnc(C(N)=O)c(Nc2cnn(C)c2)n1. The first-order valence-electron chi connectivity index (χ1n) is 14.2. The number of benzene rings is 1. The lowest BCUT2D eigenvalue weighted by molar-refractivity contribution is 0.0944. The van der Waals surface area contributed by atoms with Crippen LogP contribution in [-0.4, -0.2) is 62.0 Å². The molecule has 0 unspecified atom stereocenters. The molecule has 1 aromatic carbocycles. The van der Waals surface area contributed by atoms with Crippen molar-refractivity contribution in [1.82, 2.24) is 24.6 Å². The fraction of sp³-hybridized carbons (Fsp3) is 0.500. The molecule has 5 rings (SSSR count). The molecule has 0 radical (unpaired) electrons. The van der Waals surface area contributed by atoms with Gasteiger partial charge in [-0.25, -0.2) is 9.97 Å². The van der Waals surface area contributed by atoms with Crippen LogP contribution in [0.2, 0.25) is 0 Å². The van der Waals surface area contributed by atoms with E-state index in [1.54, 1.807) is 23.3 Å². The van der Waals surface area contributed by atoms with E-state index in [2.05, 4.69) is 58.1 Å². The number of carbonyl (C=O) groups is 2. The van der Waals surface area contributed by atoms with Crippen molar-refractivity contribution in [3.63, 3.8) is 0 Å². The number of likely N-dealkylation sites (tertiary alicyclic amines) is 1. The summed E-state index contributed by atoms with van der Waals surface area (Å²) < 4.78 is 1.65. The Balaban J connectivity index is 1.29. The lowest BCUT2D eigenvalue weighted by atomic mass is 9.84. The van der Waals surface area contributed by atoms with Gasteiger partial charge in [-0.05, 0) is 71.0 Å². The van der Waals surface area contributed by atoms with Gasteiger partial charge < -0.3 is 16.0 Å². The molecule has 0 spiro atoms. The van der Waals surface area contributed by atoms with Crippen molar-refractivity contribution >= 4 is 29.0 Å². The normalized spacial score (nSPS) is 20.1. The summed E-state index contributed by atoms with van der Waals surface area (Å²) in [5, 5.41) is 7.28. The number of nitrogens with zero attached hydrogens (tertiary/aromatic N) is 6. The number of amides is 1. The van der Waals surface area contributed by atoms with Crippen molar-refractivity contribution in [1.29, 1.82) is 0 Å². The van der Waals surface area contributed by atoms with Crippen molar-refractivity contribution in [2.75, 3.05) is 29.9 Å². The van der Waals surface area contributed by atoms with Crippen LogP contribution in [0.4, 0.5) is 17.3 Å². The molecule has 3 N–H and O–H groups in total. The molecule has 0 saturated carbocycles. The number of aryl methyl sites for hydroxylation is 1. The molecule has 212 valence electrons. The van der Waals surface area contributed by atoms with Crippen molar-refractivity contribution in [2.24, 2.45) is 18.7 Å². The molecule has 2 aliphatic heterocycles. The van der Waals surface area contributed by atoms with Gasteiger partial charge in [0.05, 0.1) is 18.1 Å². The third-order valence-electron chi connectivity index (χ3n) is 8.66. The maximum Gasteiger partial charge on any atom is 0.271 e. The summed E-state index contributed by atoms with van der Waals surface area (Å²) in [7, 11) is 1.81. The Morgan fingerprint density at radius 2 is 1.80 bits per heavy atom. The Morgan fingerprint density at radius 3 is 2.45 bits per heavy atom. The maximum absolute atomic E-state index is 13.4. The second-order valence-electron chi connectivity index (χ2n) is 11.6. The van der Waals surface area contributed by atoms with Crippen LogP contribution in [0.1, 0.15) is 79.3 Å². The number of carbonyl (C=O) groups excluding carboxylic acids is 2. The summed E-state index contributed by atoms with van der Waals surface area (Å²) in [6.45, 7) is 9.72. The molecule has 40 heavy (non-hydrogen) atoms. The van der Waals surface area contributed by atoms with Gasteiger partial charge in [0, 0.05) is 43.4 Å². The number of piperidine rings is 1. The first kappa shape index (κ1) is 27.8. The summed E-state index contributed by atoms with van der Waals surface area (Å²) in [4.78, 5) is 39.2. The highest BCUT2D eigenvalue weighted by Gasteiger charge is 2.33. The summed E-state index contributed by atoms with van der Waals surface area (Å²) in [5.41, 5.74) is 8.30. The van der Waals surface area contributed by atoms with E-state index < -0.39 is 5.91 Å². The number of nitrogens with two attached hydrogens (primary N) is 1. The van der Waals surface area contributed by atoms with Crippen molar-refractivity contribution in [2.45, 2.75) is 64.5 Å². The zero-order valence-corrected chi connectivity index (χ0v) is 23.9. The van der Waals surface area contributed by atoms with E-state index in [0.29, 0.717) is 23.7 Å². The summed E-state index contributed by atoms with van der Waals surface area (Å²) >= 11 is 0. The minimum atomic E-state index is -0.657. The second kappa shape index (κ2) is 11.4. The first-order valence-corrected chi connectivity index (χ1v) is 14.2. The largest absolute Gasteiger partial charge is 0.364 e. The minimum absolute atomic E-state index is 0.0354.